The maximum Gasteiger partial charge on any atom is 0.165 e. The Morgan fingerprint density at radius 3 is 2.28 bits per heavy atom. The van der Waals surface area contributed by atoms with E-state index in [-0.39, 0.29) is 11.3 Å². The van der Waals surface area contributed by atoms with Crippen LogP contribution >= 0.6 is 0 Å². The van der Waals surface area contributed by atoms with Crippen molar-refractivity contribution in [1.29, 1.82) is 0 Å². The summed E-state index contributed by atoms with van der Waals surface area (Å²) in [4.78, 5) is 12.3. The molecule has 1 fully saturated rings. The normalized spacial score (nSPS) is 17.6. The van der Waals surface area contributed by atoms with Crippen LogP contribution in [-0.2, 0) is 5.41 Å². The SMILES string of the molecule is CCC(C)(C)c1ccc(C(=O)C(C)C2CC2)cc1. The Labute approximate surface area is 111 Å². The van der Waals surface area contributed by atoms with Crippen molar-refractivity contribution in [3.05, 3.63) is 35.4 Å². The van der Waals surface area contributed by atoms with Crippen molar-refractivity contribution in [3.63, 3.8) is 0 Å². The van der Waals surface area contributed by atoms with Gasteiger partial charge in [0.1, 0.15) is 0 Å². The first-order valence-electron chi connectivity index (χ1n) is 7.10. The third kappa shape index (κ3) is 2.66. The van der Waals surface area contributed by atoms with Gasteiger partial charge in [0.05, 0.1) is 0 Å². The molecule has 0 bridgehead atoms. The molecule has 18 heavy (non-hydrogen) atoms. The van der Waals surface area contributed by atoms with Crippen molar-refractivity contribution in [2.45, 2.75) is 52.4 Å². The van der Waals surface area contributed by atoms with Crippen molar-refractivity contribution in [1.82, 2.24) is 0 Å². The number of ketones is 1. The molecule has 0 aromatic heterocycles. The molecule has 1 aliphatic carbocycles. The van der Waals surface area contributed by atoms with Crippen LogP contribution in [-0.4, -0.2) is 5.78 Å². The van der Waals surface area contributed by atoms with Crippen molar-refractivity contribution in [3.8, 4) is 0 Å². The van der Waals surface area contributed by atoms with Crippen LogP contribution in [0.15, 0.2) is 24.3 Å². The largest absolute Gasteiger partial charge is 0.294 e. The maximum absolute atomic E-state index is 12.3. The fraction of sp³-hybridized carbons (Fsp3) is 0.588. The number of rotatable bonds is 5. The van der Waals surface area contributed by atoms with Crippen LogP contribution in [0.4, 0.5) is 0 Å². The molecule has 0 saturated heterocycles. The fourth-order valence-corrected chi connectivity index (χ4v) is 2.36. The molecule has 1 atom stereocenters. The van der Waals surface area contributed by atoms with Gasteiger partial charge < -0.3 is 0 Å². The van der Waals surface area contributed by atoms with E-state index in [1.807, 2.05) is 12.1 Å². The summed E-state index contributed by atoms with van der Waals surface area (Å²) >= 11 is 0. The quantitative estimate of drug-likeness (QED) is 0.692. The Kier molecular flexibility index (Phi) is 3.61. The Morgan fingerprint density at radius 2 is 1.83 bits per heavy atom. The zero-order valence-corrected chi connectivity index (χ0v) is 12.0. The second-order valence-electron chi connectivity index (χ2n) is 6.31. The summed E-state index contributed by atoms with van der Waals surface area (Å²) < 4.78 is 0. The van der Waals surface area contributed by atoms with Crippen molar-refractivity contribution in [2.75, 3.05) is 0 Å². The summed E-state index contributed by atoms with van der Waals surface area (Å²) in [6.07, 6.45) is 3.57. The topological polar surface area (TPSA) is 17.1 Å². The number of hydrogen-bond acceptors (Lipinski definition) is 1. The average molecular weight is 244 g/mol. The summed E-state index contributed by atoms with van der Waals surface area (Å²) in [5.74, 6) is 1.16. The van der Waals surface area contributed by atoms with E-state index in [0.29, 0.717) is 11.7 Å². The Morgan fingerprint density at radius 1 is 1.28 bits per heavy atom. The molecule has 1 unspecified atom stereocenters. The molecule has 1 aromatic rings. The first-order chi connectivity index (χ1) is 8.45. The van der Waals surface area contributed by atoms with Gasteiger partial charge in [0, 0.05) is 11.5 Å². The van der Waals surface area contributed by atoms with Gasteiger partial charge in [0.2, 0.25) is 0 Å². The van der Waals surface area contributed by atoms with Gasteiger partial charge in [-0.05, 0) is 36.2 Å². The predicted molar refractivity (Wildman–Crippen MR) is 76.0 cm³/mol. The van der Waals surface area contributed by atoms with Crippen LogP contribution in [0.1, 0.15) is 62.9 Å². The summed E-state index contributed by atoms with van der Waals surface area (Å²) in [7, 11) is 0. The molecule has 2 rings (SSSR count). The molecular weight excluding hydrogens is 220 g/mol. The Balaban J connectivity index is 2.14. The summed E-state index contributed by atoms with van der Waals surface area (Å²) in [5.41, 5.74) is 2.40. The van der Waals surface area contributed by atoms with Gasteiger partial charge in [-0.3, -0.25) is 4.79 Å². The minimum Gasteiger partial charge on any atom is -0.294 e. The summed E-state index contributed by atoms with van der Waals surface area (Å²) in [6, 6.07) is 8.26. The minimum atomic E-state index is 0.198. The smallest absolute Gasteiger partial charge is 0.165 e. The highest BCUT2D eigenvalue weighted by Gasteiger charge is 2.33. The van der Waals surface area contributed by atoms with E-state index >= 15 is 0 Å². The first-order valence-corrected chi connectivity index (χ1v) is 7.10. The van der Waals surface area contributed by atoms with Crippen LogP contribution in [0.25, 0.3) is 0 Å². The molecule has 1 aliphatic rings. The molecule has 1 aromatic carbocycles. The van der Waals surface area contributed by atoms with Crippen LogP contribution in [0, 0.1) is 11.8 Å². The van der Waals surface area contributed by atoms with Crippen LogP contribution in [0.3, 0.4) is 0 Å². The van der Waals surface area contributed by atoms with Gasteiger partial charge in [0.25, 0.3) is 0 Å². The highest BCUT2D eigenvalue weighted by atomic mass is 16.1. The number of carbonyl (C=O) groups is 1. The van der Waals surface area contributed by atoms with Gasteiger partial charge >= 0.3 is 0 Å². The number of benzene rings is 1. The Bertz CT molecular complexity index is 423. The second kappa shape index (κ2) is 4.87. The van der Waals surface area contributed by atoms with E-state index in [4.69, 9.17) is 0 Å². The standard InChI is InChI=1S/C17H24O/c1-5-17(3,4)15-10-8-14(9-11-15)16(18)12(2)13-6-7-13/h8-13H,5-7H2,1-4H3. The van der Waals surface area contributed by atoms with Gasteiger partial charge in [-0.1, -0.05) is 52.0 Å². The van der Waals surface area contributed by atoms with Crippen LogP contribution in [0.5, 0.6) is 0 Å². The fourth-order valence-electron chi connectivity index (χ4n) is 2.36. The number of Topliss-reactive ketones (excluding diaryl/α,β-unsaturated/α-hetero) is 1. The summed E-state index contributed by atoms with van der Waals surface area (Å²) in [5, 5.41) is 0. The second-order valence-corrected chi connectivity index (χ2v) is 6.31. The number of carbonyl (C=O) groups excluding carboxylic acids is 1. The average Bonchev–Trinajstić information content (AvgIpc) is 3.21. The molecule has 0 amide bonds. The molecular formula is C17H24O. The van der Waals surface area contributed by atoms with Gasteiger partial charge in [-0.2, -0.15) is 0 Å². The molecule has 98 valence electrons. The van der Waals surface area contributed by atoms with E-state index < -0.39 is 0 Å². The monoisotopic (exact) mass is 244 g/mol. The van der Waals surface area contributed by atoms with E-state index in [2.05, 4.69) is 39.8 Å². The maximum atomic E-state index is 12.3. The van der Waals surface area contributed by atoms with Crippen LogP contribution < -0.4 is 0 Å². The molecule has 0 heterocycles. The molecule has 1 nitrogen and oxygen atoms in total. The lowest BCUT2D eigenvalue weighted by atomic mass is 9.81. The molecule has 0 aliphatic heterocycles. The lowest BCUT2D eigenvalue weighted by Crippen LogP contribution is -2.17. The van der Waals surface area contributed by atoms with Crippen molar-refractivity contribution < 1.29 is 4.79 Å². The van der Waals surface area contributed by atoms with Gasteiger partial charge in [-0.25, -0.2) is 0 Å². The van der Waals surface area contributed by atoms with Gasteiger partial charge in [0.15, 0.2) is 5.78 Å². The van der Waals surface area contributed by atoms with Gasteiger partial charge in [-0.15, -0.1) is 0 Å². The minimum absolute atomic E-state index is 0.198. The van der Waals surface area contributed by atoms with Crippen molar-refractivity contribution >= 4 is 5.78 Å². The van der Waals surface area contributed by atoms with E-state index in [0.717, 1.165) is 12.0 Å². The molecule has 0 spiro atoms. The molecule has 1 heteroatoms. The third-order valence-electron chi connectivity index (χ3n) is 4.58. The van der Waals surface area contributed by atoms with E-state index in [1.165, 1.54) is 18.4 Å². The number of hydrogen-bond donors (Lipinski definition) is 0. The highest BCUT2D eigenvalue weighted by molar-refractivity contribution is 5.98. The first kappa shape index (κ1) is 13.3. The van der Waals surface area contributed by atoms with Crippen molar-refractivity contribution in [2.24, 2.45) is 11.8 Å². The Hall–Kier alpha value is -1.11. The van der Waals surface area contributed by atoms with E-state index in [1.54, 1.807) is 0 Å². The summed E-state index contributed by atoms with van der Waals surface area (Å²) in [6.45, 7) is 8.77. The van der Waals surface area contributed by atoms with Crippen LogP contribution in [0.2, 0.25) is 0 Å². The highest BCUT2D eigenvalue weighted by Crippen LogP contribution is 2.38. The predicted octanol–water partition coefficient (Wildman–Crippen LogP) is 4.60. The zero-order chi connectivity index (χ0) is 13.3. The molecule has 0 radical (unpaired) electrons. The lowest BCUT2D eigenvalue weighted by Gasteiger charge is -2.23. The zero-order valence-electron chi connectivity index (χ0n) is 12.0. The molecule has 1 saturated carbocycles. The van der Waals surface area contributed by atoms with E-state index in [9.17, 15) is 4.79 Å². The third-order valence-corrected chi connectivity index (χ3v) is 4.58. The molecule has 0 N–H and O–H groups in total. The lowest BCUT2D eigenvalue weighted by molar-refractivity contribution is 0.0916.